The predicted molar refractivity (Wildman–Crippen MR) is 95.7 cm³/mol. The van der Waals surface area contributed by atoms with Gasteiger partial charge in [-0.1, -0.05) is 43.1 Å². The largest absolute Gasteiger partial charge is 2.00 e. The molecule has 0 aliphatic heterocycles. The van der Waals surface area contributed by atoms with Crippen molar-refractivity contribution in [1.29, 1.82) is 0 Å². The van der Waals surface area contributed by atoms with Crippen LogP contribution in [0.15, 0.2) is 84.1 Å². The van der Waals surface area contributed by atoms with Crippen LogP contribution in [-0.2, 0) is 21.1 Å². The first-order valence-corrected chi connectivity index (χ1v) is 10.8. The van der Waals surface area contributed by atoms with Crippen LogP contribution < -0.4 is 0 Å². The van der Waals surface area contributed by atoms with Crippen molar-refractivity contribution >= 4 is 8.07 Å². The van der Waals surface area contributed by atoms with Crippen LogP contribution in [0, 0.1) is 12.1 Å². The number of rotatable bonds is 1. The zero-order valence-corrected chi connectivity index (χ0v) is 16.8. The third-order valence-corrected chi connectivity index (χ3v) is 5.25. The number of benzene rings is 2. The van der Waals surface area contributed by atoms with Gasteiger partial charge in [0.15, 0.2) is 0 Å². The van der Waals surface area contributed by atoms with Gasteiger partial charge in [-0.15, -0.1) is 0 Å². The molecule has 3 rings (SSSR count). The van der Waals surface area contributed by atoms with Crippen LogP contribution in [0.25, 0.3) is 0 Å². The molecule has 22 heavy (non-hydrogen) atoms. The maximum Gasteiger partial charge on any atom is 2.00 e. The molecule has 0 saturated carbocycles. The van der Waals surface area contributed by atoms with Gasteiger partial charge in [0.25, 0.3) is 0 Å². The fourth-order valence-electron chi connectivity index (χ4n) is 1.69. The summed E-state index contributed by atoms with van der Waals surface area (Å²) in [5.41, 5.74) is 0. The van der Waals surface area contributed by atoms with Crippen molar-refractivity contribution < 1.29 is 21.1 Å². The molecule has 0 N–H and O–H groups in total. The number of allylic oxidation sites excluding steroid dienone is 4. The van der Waals surface area contributed by atoms with E-state index in [-0.39, 0.29) is 21.1 Å². The molecule has 0 unspecified atom stereocenters. The summed E-state index contributed by atoms with van der Waals surface area (Å²) < 4.78 is 0. The molecule has 0 bridgehead atoms. The van der Waals surface area contributed by atoms with Crippen LogP contribution in [0.5, 0.6) is 0 Å². The van der Waals surface area contributed by atoms with Gasteiger partial charge in [0.2, 0.25) is 0 Å². The molecule has 0 nitrogen and oxygen atoms in total. The topological polar surface area (TPSA) is 0 Å². The van der Waals surface area contributed by atoms with Crippen LogP contribution >= 0.6 is 0 Å². The second-order valence-electron chi connectivity index (χ2n) is 5.73. The molecule has 0 amide bonds. The van der Waals surface area contributed by atoms with Gasteiger partial charge in [-0.05, 0) is 6.42 Å². The van der Waals surface area contributed by atoms with E-state index in [0.29, 0.717) is 0 Å². The predicted octanol–water partition coefficient (Wildman–Crippen LogP) is 5.72. The van der Waals surface area contributed by atoms with Crippen LogP contribution in [-0.4, -0.2) is 8.07 Å². The summed E-state index contributed by atoms with van der Waals surface area (Å²) in [6.07, 6.45) is 7.92. The monoisotopic (exact) mass is 487 g/mol. The van der Waals surface area contributed by atoms with Crippen molar-refractivity contribution in [3.8, 4) is 0 Å². The van der Waals surface area contributed by atoms with Crippen LogP contribution in [0.1, 0.15) is 6.42 Å². The summed E-state index contributed by atoms with van der Waals surface area (Å²) in [5.74, 6) is 0. The third-order valence-electron chi connectivity index (χ3n) is 2.95. The summed E-state index contributed by atoms with van der Waals surface area (Å²) in [6.45, 7) is 7.18. The molecule has 1 aliphatic rings. The Morgan fingerprint density at radius 2 is 1.23 bits per heavy atom. The summed E-state index contributed by atoms with van der Waals surface area (Å²) >= 11 is 0. The van der Waals surface area contributed by atoms with Crippen molar-refractivity contribution in [2.45, 2.75) is 26.1 Å². The molecule has 2 aromatic carbocycles. The van der Waals surface area contributed by atoms with Crippen molar-refractivity contribution in [2.75, 3.05) is 0 Å². The number of hydrogen-bond donors (Lipinski definition) is 0. The molecular formula is C20H24PtSi. The molecule has 0 heterocycles. The van der Waals surface area contributed by atoms with E-state index >= 15 is 0 Å². The van der Waals surface area contributed by atoms with Gasteiger partial charge in [-0.25, -0.2) is 0 Å². The Bertz CT molecular complexity index is 440. The molecule has 0 saturated heterocycles. The first-order chi connectivity index (χ1) is 10.1. The smallest absolute Gasteiger partial charge is 0.184 e. The molecule has 0 atom stereocenters. The van der Waals surface area contributed by atoms with Gasteiger partial charge in [-0.3, -0.25) is 0 Å². The van der Waals surface area contributed by atoms with Gasteiger partial charge in [-0.2, -0.15) is 72.8 Å². The van der Waals surface area contributed by atoms with Crippen LogP contribution in [0.3, 0.4) is 0 Å². The van der Waals surface area contributed by atoms with E-state index in [4.69, 9.17) is 0 Å². The minimum absolute atomic E-state index is 0. The Morgan fingerprint density at radius 1 is 0.773 bits per heavy atom. The van der Waals surface area contributed by atoms with E-state index in [1.165, 1.54) is 6.42 Å². The Labute approximate surface area is 151 Å². The molecule has 2 heteroatoms. The minimum atomic E-state index is -0.926. The summed E-state index contributed by atoms with van der Waals surface area (Å²) in [7, 11) is -0.926. The Morgan fingerprint density at radius 3 is 1.36 bits per heavy atom. The van der Waals surface area contributed by atoms with E-state index in [1.807, 2.05) is 60.7 Å². The van der Waals surface area contributed by atoms with E-state index in [0.717, 1.165) is 0 Å². The second kappa shape index (κ2) is 12.4. The summed E-state index contributed by atoms with van der Waals surface area (Å²) in [4.78, 5) is 0. The molecule has 0 aromatic heterocycles. The third kappa shape index (κ3) is 10.5. The molecular weight excluding hydrogens is 463 g/mol. The zero-order valence-electron chi connectivity index (χ0n) is 13.5. The minimum Gasteiger partial charge on any atom is -0.184 e. The molecule has 0 fully saturated rings. The summed E-state index contributed by atoms with van der Waals surface area (Å²) in [5, 5.41) is 1.68. The number of hydrogen-bond acceptors (Lipinski definition) is 0. The zero-order chi connectivity index (χ0) is 15.4. The molecule has 1 aliphatic carbocycles. The standard InChI is InChI=1S/C8H14Si.2C6H5.Pt/c1-9(2,3)8-6-4-5-7-8;2*1-2-4-6-5-3-1;/h4-6H,7H2,1-3H3;2*1-5H;/q;2*-1;+2. The van der Waals surface area contributed by atoms with Crippen molar-refractivity contribution in [3.63, 3.8) is 0 Å². The Balaban J connectivity index is 0.000000303. The van der Waals surface area contributed by atoms with Gasteiger partial charge >= 0.3 is 21.1 Å². The van der Waals surface area contributed by atoms with Crippen molar-refractivity contribution in [1.82, 2.24) is 0 Å². The molecule has 0 spiro atoms. The van der Waals surface area contributed by atoms with Crippen molar-refractivity contribution in [3.05, 3.63) is 96.2 Å². The fourth-order valence-corrected chi connectivity index (χ4v) is 3.01. The van der Waals surface area contributed by atoms with Gasteiger partial charge in [0.05, 0.1) is 8.07 Å². The summed E-state index contributed by atoms with van der Waals surface area (Å²) in [6, 6.07) is 25.0. The maximum atomic E-state index is 2.89. The van der Waals surface area contributed by atoms with Crippen molar-refractivity contribution in [2.24, 2.45) is 0 Å². The van der Waals surface area contributed by atoms with Gasteiger partial charge in [0, 0.05) is 0 Å². The van der Waals surface area contributed by atoms with Gasteiger partial charge < -0.3 is 0 Å². The van der Waals surface area contributed by atoms with Crippen LogP contribution in [0.4, 0.5) is 0 Å². The quantitative estimate of drug-likeness (QED) is 0.357. The first-order valence-electron chi connectivity index (χ1n) is 7.29. The van der Waals surface area contributed by atoms with E-state index in [9.17, 15) is 0 Å². The van der Waals surface area contributed by atoms with Crippen LogP contribution in [0.2, 0.25) is 19.6 Å². The van der Waals surface area contributed by atoms with E-state index in [1.54, 1.807) is 5.20 Å². The molecule has 2 aromatic rings. The van der Waals surface area contributed by atoms with Gasteiger partial charge in [0.1, 0.15) is 0 Å². The molecule has 0 radical (unpaired) electrons. The average molecular weight is 488 g/mol. The fraction of sp³-hybridized carbons (Fsp3) is 0.200. The maximum absolute atomic E-state index is 2.89. The van der Waals surface area contributed by atoms with E-state index in [2.05, 4.69) is 50.0 Å². The first kappa shape index (κ1) is 20.8. The second-order valence-corrected chi connectivity index (χ2v) is 10.9. The Kier molecular flexibility index (Phi) is 11.7. The normalized spacial score (nSPS) is 11.9. The average Bonchev–Trinajstić information content (AvgIpc) is 3.07. The SMILES string of the molecule is C[Si](C)(C)C1=CC=CC1.[Pt+2].[c-]1ccccc1.[c-]1ccccc1. The Hall–Kier alpha value is -1.17. The molecule has 118 valence electrons. The van der Waals surface area contributed by atoms with E-state index < -0.39 is 8.07 Å².